The predicted molar refractivity (Wildman–Crippen MR) is 125 cm³/mol. The van der Waals surface area contributed by atoms with E-state index in [0.29, 0.717) is 5.75 Å². The molecule has 0 spiro atoms. The van der Waals surface area contributed by atoms with Gasteiger partial charge in [0.1, 0.15) is 5.75 Å². The lowest BCUT2D eigenvalue weighted by Crippen LogP contribution is -2.20. The van der Waals surface area contributed by atoms with Crippen LogP contribution in [0.4, 0.5) is 0 Å². The van der Waals surface area contributed by atoms with Crippen LogP contribution >= 0.6 is 0 Å². The van der Waals surface area contributed by atoms with Gasteiger partial charge in [-0.3, -0.25) is 0 Å². The molecule has 29 heavy (non-hydrogen) atoms. The fourth-order valence-electron chi connectivity index (χ4n) is 4.34. The number of aromatic hydroxyl groups is 1. The van der Waals surface area contributed by atoms with Gasteiger partial charge in [-0.05, 0) is 41.2 Å². The van der Waals surface area contributed by atoms with Crippen LogP contribution < -0.4 is 0 Å². The molecule has 0 unspecified atom stereocenters. The number of rotatable bonds is 9. The summed E-state index contributed by atoms with van der Waals surface area (Å²) in [5.74, 6) is 0.370. The van der Waals surface area contributed by atoms with Gasteiger partial charge in [-0.1, -0.05) is 113 Å². The quantitative estimate of drug-likeness (QED) is 0.371. The molecule has 1 N–H and O–H groups in total. The fraction of sp³-hybridized carbons (Fsp3) is 0.357. The Bertz CT molecular complexity index is 909. The summed E-state index contributed by atoms with van der Waals surface area (Å²) in [4.78, 5) is 0. The van der Waals surface area contributed by atoms with Crippen molar-refractivity contribution < 1.29 is 5.11 Å². The first-order chi connectivity index (χ1) is 14.1. The zero-order valence-corrected chi connectivity index (χ0v) is 18.1. The summed E-state index contributed by atoms with van der Waals surface area (Å²) in [5.41, 5.74) is 5.68. The molecule has 3 aromatic rings. The van der Waals surface area contributed by atoms with Gasteiger partial charge in [0.05, 0.1) is 0 Å². The monoisotopic (exact) mass is 386 g/mol. The van der Waals surface area contributed by atoms with Crippen molar-refractivity contribution in [2.75, 3.05) is 0 Å². The van der Waals surface area contributed by atoms with E-state index in [1.54, 1.807) is 0 Å². The van der Waals surface area contributed by atoms with E-state index in [1.165, 1.54) is 48.8 Å². The standard InChI is InChI=1S/C28H34O/c1-4-5-6-7-9-15-22-16-12-13-19-24(22)25-20-14-21-26(29)27(25)28(2,3)23-17-10-8-11-18-23/h8,10-14,16-21,29H,4-7,9,15H2,1-3H3. The minimum atomic E-state index is -0.295. The van der Waals surface area contributed by atoms with Crippen molar-refractivity contribution >= 4 is 0 Å². The van der Waals surface area contributed by atoms with E-state index < -0.39 is 0 Å². The van der Waals surface area contributed by atoms with E-state index in [0.717, 1.165) is 17.5 Å². The van der Waals surface area contributed by atoms with Gasteiger partial charge in [0.25, 0.3) is 0 Å². The van der Waals surface area contributed by atoms with Crippen LogP contribution in [0.2, 0.25) is 0 Å². The molecule has 0 aliphatic carbocycles. The zero-order chi connectivity index (χ0) is 20.7. The predicted octanol–water partition coefficient (Wildman–Crippen LogP) is 7.90. The molecule has 0 atom stereocenters. The molecule has 0 amide bonds. The van der Waals surface area contributed by atoms with Crippen LogP contribution in [-0.2, 0) is 11.8 Å². The van der Waals surface area contributed by atoms with Crippen molar-refractivity contribution in [3.8, 4) is 16.9 Å². The first-order valence-electron chi connectivity index (χ1n) is 11.0. The molecule has 1 nitrogen and oxygen atoms in total. The highest BCUT2D eigenvalue weighted by atomic mass is 16.3. The van der Waals surface area contributed by atoms with Crippen LogP contribution in [0.25, 0.3) is 11.1 Å². The molecule has 3 rings (SSSR count). The molecule has 1 heteroatoms. The molecule has 0 saturated heterocycles. The maximum atomic E-state index is 10.9. The number of phenolic OH excluding ortho intramolecular Hbond substituents is 1. The van der Waals surface area contributed by atoms with Crippen molar-refractivity contribution in [2.24, 2.45) is 0 Å². The van der Waals surface area contributed by atoms with Crippen LogP contribution in [-0.4, -0.2) is 5.11 Å². The second-order valence-corrected chi connectivity index (χ2v) is 8.51. The van der Waals surface area contributed by atoms with Crippen LogP contribution in [0.5, 0.6) is 5.75 Å². The number of aryl methyl sites for hydroxylation is 1. The molecule has 0 aromatic heterocycles. The lowest BCUT2D eigenvalue weighted by molar-refractivity contribution is 0.454. The van der Waals surface area contributed by atoms with Crippen LogP contribution in [0, 0.1) is 0 Å². The Morgan fingerprint density at radius 2 is 1.34 bits per heavy atom. The second-order valence-electron chi connectivity index (χ2n) is 8.51. The summed E-state index contributed by atoms with van der Waals surface area (Å²) in [6.07, 6.45) is 7.50. The van der Waals surface area contributed by atoms with Crippen LogP contribution in [0.15, 0.2) is 72.8 Å². The minimum absolute atomic E-state index is 0.295. The second kappa shape index (κ2) is 9.78. The highest BCUT2D eigenvalue weighted by Crippen LogP contribution is 2.43. The zero-order valence-electron chi connectivity index (χ0n) is 18.1. The Morgan fingerprint density at radius 3 is 2.10 bits per heavy atom. The molecule has 0 fully saturated rings. The molecule has 0 aliphatic rings. The topological polar surface area (TPSA) is 20.2 Å². The average molecular weight is 387 g/mol. The number of hydrogen-bond acceptors (Lipinski definition) is 1. The van der Waals surface area contributed by atoms with Gasteiger partial charge >= 0.3 is 0 Å². The van der Waals surface area contributed by atoms with E-state index in [9.17, 15) is 5.11 Å². The van der Waals surface area contributed by atoms with Crippen molar-refractivity contribution in [1.29, 1.82) is 0 Å². The largest absolute Gasteiger partial charge is 0.508 e. The van der Waals surface area contributed by atoms with Crippen LogP contribution in [0.1, 0.15) is 69.6 Å². The molecule has 0 saturated carbocycles. The summed E-state index contributed by atoms with van der Waals surface area (Å²) >= 11 is 0. The summed E-state index contributed by atoms with van der Waals surface area (Å²) in [5, 5.41) is 10.9. The lowest BCUT2D eigenvalue weighted by Gasteiger charge is -2.30. The van der Waals surface area contributed by atoms with Crippen molar-refractivity contribution in [1.82, 2.24) is 0 Å². The third-order valence-corrected chi connectivity index (χ3v) is 6.02. The number of phenols is 1. The number of unbranched alkanes of at least 4 members (excludes halogenated alkanes) is 4. The summed E-state index contributed by atoms with van der Waals surface area (Å²) in [7, 11) is 0. The van der Waals surface area contributed by atoms with Crippen LogP contribution in [0.3, 0.4) is 0 Å². The van der Waals surface area contributed by atoms with Gasteiger partial charge in [0, 0.05) is 11.0 Å². The Balaban J connectivity index is 2.00. The van der Waals surface area contributed by atoms with Crippen molar-refractivity contribution in [2.45, 2.75) is 64.7 Å². The lowest BCUT2D eigenvalue weighted by atomic mass is 9.74. The van der Waals surface area contributed by atoms with Crippen molar-refractivity contribution in [3.05, 3.63) is 89.5 Å². The SMILES string of the molecule is CCCCCCCc1ccccc1-c1cccc(O)c1C(C)(C)c1ccccc1. The third-order valence-electron chi connectivity index (χ3n) is 6.02. The van der Waals surface area contributed by atoms with E-state index in [4.69, 9.17) is 0 Å². The smallest absolute Gasteiger partial charge is 0.120 e. The van der Waals surface area contributed by atoms with E-state index in [2.05, 4.69) is 75.4 Å². The third kappa shape index (κ3) is 4.90. The molecular formula is C28H34O. The first kappa shape index (κ1) is 21.2. The Kier molecular flexibility index (Phi) is 7.14. The minimum Gasteiger partial charge on any atom is -0.508 e. The summed E-state index contributed by atoms with van der Waals surface area (Å²) in [6, 6.07) is 25.1. The van der Waals surface area contributed by atoms with E-state index >= 15 is 0 Å². The molecule has 0 bridgehead atoms. The molecule has 152 valence electrons. The van der Waals surface area contributed by atoms with Gasteiger partial charge in [0.2, 0.25) is 0 Å². The van der Waals surface area contributed by atoms with Gasteiger partial charge < -0.3 is 5.11 Å². The fourth-order valence-corrected chi connectivity index (χ4v) is 4.34. The van der Waals surface area contributed by atoms with E-state index in [-0.39, 0.29) is 5.41 Å². The van der Waals surface area contributed by atoms with E-state index in [1.807, 2.05) is 18.2 Å². The average Bonchev–Trinajstić information content (AvgIpc) is 2.74. The molecule has 0 radical (unpaired) electrons. The number of benzene rings is 3. The maximum Gasteiger partial charge on any atom is 0.120 e. The number of hydrogen-bond donors (Lipinski definition) is 1. The summed E-state index contributed by atoms with van der Waals surface area (Å²) < 4.78 is 0. The molecule has 0 aliphatic heterocycles. The highest BCUT2D eigenvalue weighted by Gasteiger charge is 2.29. The van der Waals surface area contributed by atoms with Gasteiger partial charge in [-0.2, -0.15) is 0 Å². The Morgan fingerprint density at radius 1 is 0.690 bits per heavy atom. The molecule has 3 aromatic carbocycles. The van der Waals surface area contributed by atoms with Gasteiger partial charge in [0.15, 0.2) is 0 Å². The van der Waals surface area contributed by atoms with Gasteiger partial charge in [-0.15, -0.1) is 0 Å². The Hall–Kier alpha value is -2.54. The van der Waals surface area contributed by atoms with Crippen molar-refractivity contribution in [3.63, 3.8) is 0 Å². The normalized spacial score (nSPS) is 11.6. The summed E-state index contributed by atoms with van der Waals surface area (Å²) in [6.45, 7) is 6.66. The van der Waals surface area contributed by atoms with Gasteiger partial charge in [-0.25, -0.2) is 0 Å². The molecular weight excluding hydrogens is 352 g/mol. The maximum absolute atomic E-state index is 10.9. The Labute approximate surface area is 176 Å². The first-order valence-corrected chi connectivity index (χ1v) is 11.0. The molecule has 0 heterocycles. The highest BCUT2D eigenvalue weighted by molar-refractivity contribution is 5.75.